The molecule has 2 N–H and O–H groups in total. The summed E-state index contributed by atoms with van der Waals surface area (Å²) in [6.45, 7) is 2.65. The maximum absolute atomic E-state index is 14.0. The maximum atomic E-state index is 14.0. The highest BCUT2D eigenvalue weighted by molar-refractivity contribution is 5.98. The Morgan fingerprint density at radius 2 is 1.70 bits per heavy atom. The number of halogens is 3. The van der Waals surface area contributed by atoms with Gasteiger partial charge in [0.1, 0.15) is 0 Å². The molecular weight excluding hydrogens is 365 g/mol. The van der Waals surface area contributed by atoms with Crippen LogP contribution in [0.2, 0.25) is 0 Å². The lowest BCUT2D eigenvalue weighted by molar-refractivity contribution is -0.231. The molecule has 1 aromatic carbocycles. The fourth-order valence-electron chi connectivity index (χ4n) is 2.60. The molecule has 1 aliphatic rings. The van der Waals surface area contributed by atoms with Gasteiger partial charge >= 0.3 is 17.8 Å². The highest BCUT2D eigenvalue weighted by atomic mass is 19.4. The quantitative estimate of drug-likeness (QED) is 0.559. The summed E-state index contributed by atoms with van der Waals surface area (Å²) < 4.78 is 46.8. The molecule has 0 aromatic heterocycles. The van der Waals surface area contributed by atoms with E-state index >= 15 is 0 Å². The topological polar surface area (TPSA) is 73.9 Å². The molecule has 1 atom stereocenters. The molecule has 2 rings (SSSR count). The van der Waals surface area contributed by atoms with E-state index in [1.165, 1.54) is 36.2 Å². The molecule has 27 heavy (non-hydrogen) atoms. The summed E-state index contributed by atoms with van der Waals surface area (Å²) in [7, 11) is 1.84. The number of rotatable bonds is 6. The van der Waals surface area contributed by atoms with Gasteiger partial charge in [-0.3, -0.25) is 4.79 Å². The van der Waals surface area contributed by atoms with Crippen molar-refractivity contribution in [1.29, 1.82) is 0 Å². The molecule has 1 fully saturated rings. The number of carbonyl (C=O) groups is 2. The van der Waals surface area contributed by atoms with Gasteiger partial charge in [0, 0.05) is 31.7 Å². The molecule has 1 aliphatic heterocycles. The van der Waals surface area contributed by atoms with Gasteiger partial charge in [-0.25, -0.2) is 15.2 Å². The first-order chi connectivity index (χ1) is 12.7. The second-order valence-electron chi connectivity index (χ2n) is 6.19. The van der Waals surface area contributed by atoms with Crippen molar-refractivity contribution in [3.8, 4) is 0 Å². The SMILES string of the molecule is CCOC(=O)[C@](NC(=O)c1ccccc1)(NN1CCN(C)CC1)C(F)(F)F. The monoisotopic (exact) mass is 388 g/mol. The summed E-state index contributed by atoms with van der Waals surface area (Å²) >= 11 is 0. The number of carbonyl (C=O) groups excluding carboxylic acids is 2. The van der Waals surface area contributed by atoms with Crippen LogP contribution in [0, 0.1) is 0 Å². The number of hydrazine groups is 1. The molecule has 0 spiro atoms. The molecule has 0 aliphatic carbocycles. The summed E-state index contributed by atoms with van der Waals surface area (Å²) in [4.78, 5) is 26.7. The number of nitrogens with zero attached hydrogens (tertiary/aromatic N) is 2. The first kappa shape index (κ1) is 21.1. The van der Waals surface area contributed by atoms with Crippen LogP contribution in [0.5, 0.6) is 0 Å². The van der Waals surface area contributed by atoms with Crippen LogP contribution in [-0.2, 0) is 9.53 Å². The van der Waals surface area contributed by atoms with E-state index in [0.717, 1.165) is 0 Å². The standard InChI is InChI=1S/C17H23F3N4O3/c1-3-27-15(26)16(17(18,19)20,22-24-11-9-23(2)10-12-24)21-14(25)13-7-5-4-6-8-13/h4-8,22H,3,9-12H2,1-2H3,(H,21,25)/t16-/m0/s1. The zero-order valence-corrected chi connectivity index (χ0v) is 15.2. The number of ether oxygens (including phenoxy) is 1. The minimum Gasteiger partial charge on any atom is -0.463 e. The Bertz CT molecular complexity index is 649. The lowest BCUT2D eigenvalue weighted by Crippen LogP contribution is -2.76. The summed E-state index contributed by atoms with van der Waals surface area (Å²) in [6.07, 6.45) is -5.13. The van der Waals surface area contributed by atoms with Crippen LogP contribution in [0.15, 0.2) is 30.3 Å². The van der Waals surface area contributed by atoms with Crippen molar-refractivity contribution in [1.82, 2.24) is 20.7 Å². The predicted molar refractivity (Wildman–Crippen MR) is 91.5 cm³/mol. The molecule has 1 saturated heterocycles. The van der Waals surface area contributed by atoms with Crippen molar-refractivity contribution >= 4 is 11.9 Å². The third-order valence-electron chi connectivity index (χ3n) is 4.17. The molecule has 0 bridgehead atoms. The van der Waals surface area contributed by atoms with Crippen molar-refractivity contribution < 1.29 is 27.5 Å². The first-order valence-corrected chi connectivity index (χ1v) is 8.52. The van der Waals surface area contributed by atoms with Gasteiger partial charge in [-0.15, -0.1) is 0 Å². The minimum atomic E-state index is -5.13. The number of likely N-dealkylation sites (N-methyl/N-ethyl adjacent to an activating group) is 1. The van der Waals surface area contributed by atoms with Crippen LogP contribution < -0.4 is 10.7 Å². The number of benzene rings is 1. The molecule has 0 radical (unpaired) electrons. The Hall–Kier alpha value is -2.17. The Morgan fingerprint density at radius 1 is 1.11 bits per heavy atom. The molecular formula is C17H23F3N4O3. The second kappa shape index (κ2) is 8.68. The number of hydrogen-bond donors (Lipinski definition) is 2. The largest absolute Gasteiger partial charge is 0.463 e. The highest BCUT2D eigenvalue weighted by Gasteiger charge is 2.64. The summed E-state index contributed by atoms with van der Waals surface area (Å²) in [6, 6.07) is 7.38. The van der Waals surface area contributed by atoms with Gasteiger partial charge in [0.15, 0.2) is 0 Å². The Labute approximate surface area is 155 Å². The normalized spacial score (nSPS) is 18.6. The van der Waals surface area contributed by atoms with E-state index in [1.54, 1.807) is 6.07 Å². The van der Waals surface area contributed by atoms with Gasteiger partial charge in [-0.1, -0.05) is 18.2 Å². The average Bonchev–Trinajstić information content (AvgIpc) is 2.62. The second-order valence-corrected chi connectivity index (χ2v) is 6.19. The molecule has 0 unspecified atom stereocenters. The van der Waals surface area contributed by atoms with Crippen LogP contribution in [0.25, 0.3) is 0 Å². The van der Waals surface area contributed by atoms with E-state index in [0.29, 0.717) is 13.1 Å². The number of nitrogens with one attached hydrogen (secondary N) is 2. The van der Waals surface area contributed by atoms with Gasteiger partial charge in [0.05, 0.1) is 6.61 Å². The third kappa shape index (κ3) is 4.96. The number of hydrogen-bond acceptors (Lipinski definition) is 6. The first-order valence-electron chi connectivity index (χ1n) is 8.52. The molecule has 1 heterocycles. The Kier molecular flexibility index (Phi) is 6.79. The van der Waals surface area contributed by atoms with E-state index in [1.807, 2.05) is 17.3 Å². The van der Waals surface area contributed by atoms with E-state index in [4.69, 9.17) is 0 Å². The van der Waals surface area contributed by atoms with Crippen molar-refractivity contribution in [3.63, 3.8) is 0 Å². The van der Waals surface area contributed by atoms with Crippen LogP contribution in [-0.4, -0.2) is 73.5 Å². The molecule has 150 valence electrons. The molecule has 1 amide bonds. The number of alkyl halides is 3. The van der Waals surface area contributed by atoms with Gasteiger partial charge in [0.25, 0.3) is 5.91 Å². The molecule has 10 heteroatoms. The number of esters is 1. The molecule has 7 nitrogen and oxygen atoms in total. The van der Waals surface area contributed by atoms with E-state index in [2.05, 4.69) is 10.2 Å². The number of piperazine rings is 1. The van der Waals surface area contributed by atoms with E-state index in [-0.39, 0.29) is 25.3 Å². The average molecular weight is 388 g/mol. The summed E-state index contributed by atoms with van der Waals surface area (Å²) in [5, 5.41) is 3.10. The Morgan fingerprint density at radius 3 is 2.22 bits per heavy atom. The predicted octanol–water partition coefficient (Wildman–Crippen LogP) is 0.990. The number of amides is 1. The van der Waals surface area contributed by atoms with E-state index in [9.17, 15) is 22.8 Å². The van der Waals surface area contributed by atoms with Gasteiger partial charge in [-0.2, -0.15) is 13.2 Å². The summed E-state index contributed by atoms with van der Waals surface area (Å²) in [5.74, 6) is -2.65. The van der Waals surface area contributed by atoms with Gasteiger partial charge in [-0.05, 0) is 26.1 Å². The summed E-state index contributed by atoms with van der Waals surface area (Å²) in [5.41, 5.74) is -1.20. The Balaban J connectivity index is 2.35. The molecule has 1 aromatic rings. The van der Waals surface area contributed by atoms with Gasteiger partial charge in [0.2, 0.25) is 0 Å². The third-order valence-corrected chi connectivity index (χ3v) is 4.17. The zero-order chi connectivity index (χ0) is 20.1. The van der Waals surface area contributed by atoms with Crippen molar-refractivity contribution in [2.24, 2.45) is 0 Å². The van der Waals surface area contributed by atoms with Crippen LogP contribution in [0.3, 0.4) is 0 Å². The fourth-order valence-corrected chi connectivity index (χ4v) is 2.60. The minimum absolute atomic E-state index is 0.00407. The van der Waals surface area contributed by atoms with Gasteiger partial charge < -0.3 is 15.0 Å². The fraction of sp³-hybridized carbons (Fsp3) is 0.529. The lowest BCUT2D eigenvalue weighted by Gasteiger charge is -2.41. The van der Waals surface area contributed by atoms with Crippen molar-refractivity contribution in [3.05, 3.63) is 35.9 Å². The lowest BCUT2D eigenvalue weighted by atomic mass is 10.1. The van der Waals surface area contributed by atoms with Crippen LogP contribution in [0.4, 0.5) is 13.2 Å². The van der Waals surface area contributed by atoms with Crippen molar-refractivity contribution in [2.45, 2.75) is 18.8 Å². The zero-order valence-electron chi connectivity index (χ0n) is 15.2. The molecule has 0 saturated carbocycles. The highest BCUT2D eigenvalue weighted by Crippen LogP contribution is 2.31. The van der Waals surface area contributed by atoms with Crippen molar-refractivity contribution in [2.75, 3.05) is 39.8 Å². The maximum Gasteiger partial charge on any atom is 0.437 e. The van der Waals surface area contributed by atoms with Crippen LogP contribution >= 0.6 is 0 Å². The van der Waals surface area contributed by atoms with E-state index < -0.39 is 23.7 Å². The smallest absolute Gasteiger partial charge is 0.437 e. The van der Waals surface area contributed by atoms with Crippen LogP contribution in [0.1, 0.15) is 17.3 Å².